The minimum Gasteiger partial charge on any atom is -0.503 e. The van der Waals surface area contributed by atoms with E-state index < -0.39 is 0 Å². The molecule has 0 aliphatic carbocycles. The Balaban J connectivity index is 2.19. The molecule has 1 atom stereocenters. The number of aromatic amines is 1. The summed E-state index contributed by atoms with van der Waals surface area (Å²) in [5, 5.41) is 11.2. The first-order valence-electron chi connectivity index (χ1n) is 7.31. The number of hydrogen-bond donors (Lipinski definition) is 2. The Kier molecular flexibility index (Phi) is 4.33. The molecule has 2 N–H and O–H groups in total. The number of phenolic OH excluding ortho intramolecular Hbond substituents is 1. The van der Waals surface area contributed by atoms with Crippen molar-refractivity contribution in [3.63, 3.8) is 0 Å². The predicted molar refractivity (Wildman–Crippen MR) is 96.2 cm³/mol. The number of methoxy groups -OCH3 is 1. The molecule has 0 amide bonds. The third kappa shape index (κ3) is 2.82. The minimum atomic E-state index is 0.0388. The van der Waals surface area contributed by atoms with Gasteiger partial charge in [0.25, 0.3) is 0 Å². The number of nitrogens with one attached hydrogen (secondary N) is 1. The van der Waals surface area contributed by atoms with E-state index in [9.17, 15) is 5.11 Å². The number of fused-ring (bicyclic) bond motifs is 1. The standard InChI is InChI=1S/C18H19BrN2O2/c1-21(2)17(11-8-14(19)18(22)16(9-11)23-3)13-10-20-15-7-5-4-6-12(13)15/h4-10,17,20,22H,1-3H3. The molecule has 0 saturated heterocycles. The first kappa shape index (κ1) is 15.9. The summed E-state index contributed by atoms with van der Waals surface area (Å²) in [6, 6.07) is 12.1. The first-order valence-corrected chi connectivity index (χ1v) is 8.11. The van der Waals surface area contributed by atoms with Gasteiger partial charge in [-0.25, -0.2) is 0 Å². The lowest BCUT2D eigenvalue weighted by molar-refractivity contribution is 0.338. The number of nitrogens with zero attached hydrogens (tertiary/aromatic N) is 1. The van der Waals surface area contributed by atoms with E-state index in [4.69, 9.17) is 4.74 Å². The number of benzene rings is 2. The third-order valence-electron chi connectivity index (χ3n) is 4.02. The summed E-state index contributed by atoms with van der Waals surface area (Å²) < 4.78 is 5.92. The van der Waals surface area contributed by atoms with Gasteiger partial charge in [-0.05, 0) is 59.4 Å². The summed E-state index contributed by atoms with van der Waals surface area (Å²) >= 11 is 3.41. The number of hydrogen-bond acceptors (Lipinski definition) is 3. The van der Waals surface area contributed by atoms with Crippen LogP contribution in [-0.4, -0.2) is 36.2 Å². The molecule has 1 aromatic heterocycles. The molecule has 4 nitrogen and oxygen atoms in total. The van der Waals surface area contributed by atoms with E-state index in [-0.39, 0.29) is 11.8 Å². The van der Waals surface area contributed by atoms with E-state index in [2.05, 4.69) is 37.9 Å². The van der Waals surface area contributed by atoms with E-state index in [1.54, 1.807) is 7.11 Å². The largest absolute Gasteiger partial charge is 0.503 e. The Bertz CT molecular complexity index is 842. The monoisotopic (exact) mass is 374 g/mol. The summed E-state index contributed by atoms with van der Waals surface area (Å²) in [5.41, 5.74) is 3.34. The average molecular weight is 375 g/mol. The highest BCUT2D eigenvalue weighted by Crippen LogP contribution is 2.40. The second kappa shape index (κ2) is 6.26. The molecule has 0 bridgehead atoms. The van der Waals surface area contributed by atoms with Crippen LogP contribution < -0.4 is 4.74 Å². The Morgan fingerprint density at radius 3 is 2.65 bits per heavy atom. The van der Waals surface area contributed by atoms with E-state index in [0.717, 1.165) is 11.1 Å². The van der Waals surface area contributed by atoms with Gasteiger partial charge < -0.3 is 14.8 Å². The maximum atomic E-state index is 10.1. The van der Waals surface area contributed by atoms with Crippen LogP contribution >= 0.6 is 15.9 Å². The van der Waals surface area contributed by atoms with Gasteiger partial charge in [0.1, 0.15) is 0 Å². The van der Waals surface area contributed by atoms with E-state index in [0.29, 0.717) is 10.2 Å². The third-order valence-corrected chi connectivity index (χ3v) is 4.62. The summed E-state index contributed by atoms with van der Waals surface area (Å²) in [7, 11) is 5.64. The average Bonchev–Trinajstić information content (AvgIpc) is 2.94. The lowest BCUT2D eigenvalue weighted by Gasteiger charge is -2.25. The molecule has 0 radical (unpaired) electrons. The van der Waals surface area contributed by atoms with Crippen molar-refractivity contribution in [3.05, 3.63) is 58.2 Å². The van der Waals surface area contributed by atoms with Crippen molar-refractivity contribution >= 4 is 26.8 Å². The molecule has 3 rings (SSSR count). The SMILES string of the molecule is COc1cc(C(c2c[nH]c3ccccc23)N(C)C)cc(Br)c1O. The summed E-state index contributed by atoms with van der Waals surface area (Å²) in [4.78, 5) is 5.48. The van der Waals surface area contributed by atoms with Crippen molar-refractivity contribution in [1.29, 1.82) is 0 Å². The maximum absolute atomic E-state index is 10.1. The number of ether oxygens (including phenoxy) is 1. The van der Waals surface area contributed by atoms with Gasteiger partial charge in [0.05, 0.1) is 17.6 Å². The summed E-state index contributed by atoms with van der Waals surface area (Å²) in [6.45, 7) is 0. The molecule has 0 spiro atoms. The Labute approximate surface area is 143 Å². The number of halogens is 1. The van der Waals surface area contributed by atoms with Crippen LogP contribution in [0.1, 0.15) is 17.2 Å². The van der Waals surface area contributed by atoms with E-state index in [1.165, 1.54) is 10.9 Å². The fraction of sp³-hybridized carbons (Fsp3) is 0.222. The summed E-state index contributed by atoms with van der Waals surface area (Å²) in [6.07, 6.45) is 2.04. The van der Waals surface area contributed by atoms with Crippen molar-refractivity contribution < 1.29 is 9.84 Å². The highest BCUT2D eigenvalue weighted by atomic mass is 79.9. The van der Waals surface area contributed by atoms with Crippen LogP contribution in [0.4, 0.5) is 0 Å². The first-order chi connectivity index (χ1) is 11.0. The van der Waals surface area contributed by atoms with Gasteiger partial charge in [0.15, 0.2) is 11.5 Å². The Hall–Kier alpha value is -1.98. The van der Waals surface area contributed by atoms with Gasteiger partial charge in [-0.15, -0.1) is 0 Å². The predicted octanol–water partition coefficient (Wildman–Crippen LogP) is 4.30. The molecule has 1 unspecified atom stereocenters. The van der Waals surface area contributed by atoms with Crippen molar-refractivity contribution in [1.82, 2.24) is 9.88 Å². The zero-order valence-corrected chi connectivity index (χ0v) is 14.9. The Morgan fingerprint density at radius 2 is 1.96 bits per heavy atom. The number of phenols is 1. The molecule has 23 heavy (non-hydrogen) atoms. The molecule has 3 aromatic rings. The molecule has 120 valence electrons. The normalized spacial score (nSPS) is 12.7. The van der Waals surface area contributed by atoms with Gasteiger partial charge in [-0.3, -0.25) is 4.90 Å². The number of rotatable bonds is 4. The van der Waals surface area contributed by atoms with Crippen LogP contribution in [0.5, 0.6) is 11.5 Å². The minimum absolute atomic E-state index is 0.0388. The van der Waals surface area contributed by atoms with Crippen LogP contribution in [0, 0.1) is 0 Å². The fourth-order valence-electron chi connectivity index (χ4n) is 2.98. The molecule has 0 aliphatic rings. The second-order valence-corrected chi connectivity index (χ2v) is 6.56. The number of aromatic nitrogens is 1. The number of para-hydroxylation sites is 1. The van der Waals surface area contributed by atoms with Gasteiger partial charge >= 0.3 is 0 Å². The smallest absolute Gasteiger partial charge is 0.172 e. The van der Waals surface area contributed by atoms with E-state index >= 15 is 0 Å². The molecular formula is C18H19BrN2O2. The number of aromatic hydroxyl groups is 1. The summed E-state index contributed by atoms with van der Waals surface area (Å²) in [5.74, 6) is 0.578. The van der Waals surface area contributed by atoms with Crippen LogP contribution in [0.15, 0.2) is 47.1 Å². The van der Waals surface area contributed by atoms with Gasteiger partial charge in [-0.2, -0.15) is 0 Å². The molecular weight excluding hydrogens is 356 g/mol. The lowest BCUT2D eigenvalue weighted by Crippen LogP contribution is -2.21. The highest BCUT2D eigenvalue weighted by molar-refractivity contribution is 9.10. The van der Waals surface area contributed by atoms with Gasteiger partial charge in [0, 0.05) is 17.1 Å². The van der Waals surface area contributed by atoms with Crippen molar-refractivity contribution in [3.8, 4) is 11.5 Å². The van der Waals surface area contributed by atoms with Crippen LogP contribution in [-0.2, 0) is 0 Å². The number of H-pyrrole nitrogens is 1. The van der Waals surface area contributed by atoms with Crippen molar-refractivity contribution in [2.24, 2.45) is 0 Å². The molecule has 1 heterocycles. The highest BCUT2D eigenvalue weighted by Gasteiger charge is 2.22. The van der Waals surface area contributed by atoms with Crippen LogP contribution in [0.3, 0.4) is 0 Å². The topological polar surface area (TPSA) is 48.5 Å². The molecule has 0 saturated carbocycles. The van der Waals surface area contributed by atoms with Crippen LogP contribution in [0.25, 0.3) is 10.9 Å². The maximum Gasteiger partial charge on any atom is 0.172 e. The molecule has 2 aromatic carbocycles. The van der Waals surface area contributed by atoms with Crippen LogP contribution in [0.2, 0.25) is 0 Å². The van der Waals surface area contributed by atoms with Crippen molar-refractivity contribution in [2.45, 2.75) is 6.04 Å². The molecule has 5 heteroatoms. The quantitative estimate of drug-likeness (QED) is 0.715. The fourth-order valence-corrected chi connectivity index (χ4v) is 3.44. The molecule has 0 fully saturated rings. The molecule has 0 aliphatic heterocycles. The zero-order valence-electron chi connectivity index (χ0n) is 13.3. The lowest BCUT2D eigenvalue weighted by atomic mass is 9.97. The Morgan fingerprint density at radius 1 is 1.22 bits per heavy atom. The van der Waals surface area contributed by atoms with Crippen molar-refractivity contribution in [2.75, 3.05) is 21.2 Å². The van der Waals surface area contributed by atoms with Gasteiger partial charge in [-0.1, -0.05) is 18.2 Å². The second-order valence-electron chi connectivity index (χ2n) is 5.71. The van der Waals surface area contributed by atoms with E-state index in [1.807, 2.05) is 44.6 Å². The zero-order chi connectivity index (χ0) is 16.6. The van der Waals surface area contributed by atoms with Gasteiger partial charge in [0.2, 0.25) is 0 Å².